The average molecular weight is 471 g/mol. The van der Waals surface area contributed by atoms with Crippen LogP contribution in [0.1, 0.15) is 24.8 Å². The number of nitrogens with zero attached hydrogens (tertiary/aromatic N) is 3. The Kier molecular flexibility index (Phi) is 6.75. The van der Waals surface area contributed by atoms with Gasteiger partial charge in [-0.1, -0.05) is 24.6 Å². The summed E-state index contributed by atoms with van der Waals surface area (Å²) in [5.41, 5.74) is 2.63. The molecule has 9 nitrogen and oxygen atoms in total. The van der Waals surface area contributed by atoms with Gasteiger partial charge in [0.2, 0.25) is 10.0 Å². The molecule has 10 heteroatoms. The molecular formula is C23H26N4O5S. The van der Waals surface area contributed by atoms with Crippen molar-refractivity contribution in [1.82, 2.24) is 13.9 Å². The molecule has 1 amide bonds. The number of carbonyl (C=O) groups is 2. The Labute approximate surface area is 192 Å². The van der Waals surface area contributed by atoms with E-state index >= 15 is 0 Å². The van der Waals surface area contributed by atoms with Crippen LogP contribution in [0, 0.1) is 6.92 Å². The second kappa shape index (κ2) is 9.72. The number of nitrogens with one attached hydrogen (secondary N) is 1. The van der Waals surface area contributed by atoms with Gasteiger partial charge in [0.05, 0.1) is 22.3 Å². The third-order valence-electron chi connectivity index (χ3n) is 5.63. The number of benzene rings is 2. The van der Waals surface area contributed by atoms with Crippen LogP contribution in [-0.4, -0.2) is 53.8 Å². The lowest BCUT2D eigenvalue weighted by Crippen LogP contribution is -2.35. The molecule has 2 heterocycles. The molecule has 0 saturated carbocycles. The summed E-state index contributed by atoms with van der Waals surface area (Å²) >= 11 is 0. The number of aromatic nitrogens is 2. The van der Waals surface area contributed by atoms with Crippen molar-refractivity contribution in [2.45, 2.75) is 37.6 Å². The van der Waals surface area contributed by atoms with Crippen molar-refractivity contribution in [3.8, 4) is 0 Å². The van der Waals surface area contributed by atoms with E-state index < -0.39 is 28.5 Å². The summed E-state index contributed by atoms with van der Waals surface area (Å²) < 4.78 is 34.1. The molecule has 0 spiro atoms. The fourth-order valence-corrected chi connectivity index (χ4v) is 5.35. The highest BCUT2D eigenvalue weighted by Gasteiger charge is 2.26. The van der Waals surface area contributed by atoms with Gasteiger partial charge in [-0.25, -0.2) is 13.4 Å². The first-order valence-corrected chi connectivity index (χ1v) is 12.2. The molecule has 3 aromatic rings. The van der Waals surface area contributed by atoms with Gasteiger partial charge in [-0.15, -0.1) is 0 Å². The molecule has 0 atom stereocenters. The number of imidazole rings is 1. The maximum Gasteiger partial charge on any atom is 0.326 e. The number of hydrogen-bond donors (Lipinski definition) is 1. The summed E-state index contributed by atoms with van der Waals surface area (Å²) in [6.45, 7) is 2.22. The lowest BCUT2D eigenvalue weighted by atomic mass is 10.2. The molecule has 1 fully saturated rings. The third kappa shape index (κ3) is 5.23. The van der Waals surface area contributed by atoms with Crippen molar-refractivity contribution >= 4 is 38.6 Å². The fraction of sp³-hybridized carbons (Fsp3) is 0.348. The summed E-state index contributed by atoms with van der Waals surface area (Å²) in [6.07, 6.45) is 4.25. The van der Waals surface area contributed by atoms with Crippen LogP contribution in [0.3, 0.4) is 0 Å². The van der Waals surface area contributed by atoms with Crippen molar-refractivity contribution in [2.24, 2.45) is 0 Å². The van der Waals surface area contributed by atoms with E-state index in [9.17, 15) is 18.0 Å². The molecule has 0 bridgehead atoms. The molecule has 0 aliphatic carbocycles. The van der Waals surface area contributed by atoms with E-state index in [-0.39, 0.29) is 11.4 Å². The van der Waals surface area contributed by atoms with E-state index in [4.69, 9.17) is 4.74 Å². The molecule has 1 saturated heterocycles. The predicted octanol–water partition coefficient (Wildman–Crippen LogP) is 2.70. The van der Waals surface area contributed by atoms with Crippen LogP contribution < -0.4 is 5.32 Å². The zero-order valence-electron chi connectivity index (χ0n) is 18.4. The molecule has 1 aliphatic rings. The Bertz CT molecular complexity index is 1280. The first-order chi connectivity index (χ1) is 15.8. The minimum atomic E-state index is -3.62. The van der Waals surface area contributed by atoms with Gasteiger partial charge in [0.25, 0.3) is 5.91 Å². The first-order valence-electron chi connectivity index (χ1n) is 10.8. The lowest BCUT2D eigenvalue weighted by molar-refractivity contribution is -0.147. The molecule has 2 aromatic carbocycles. The summed E-state index contributed by atoms with van der Waals surface area (Å²) in [7, 11) is -3.62. The van der Waals surface area contributed by atoms with E-state index in [0.717, 1.165) is 30.3 Å². The largest absolute Gasteiger partial charge is 0.454 e. The topological polar surface area (TPSA) is 111 Å². The zero-order chi connectivity index (χ0) is 23.4. The fourth-order valence-electron chi connectivity index (χ4n) is 3.80. The third-order valence-corrected chi connectivity index (χ3v) is 7.52. The van der Waals surface area contributed by atoms with E-state index in [1.165, 1.54) is 10.4 Å². The Morgan fingerprint density at radius 3 is 2.64 bits per heavy atom. The SMILES string of the molecule is Cc1ccc(S(=O)(=O)N2CCCCC2)cc1NC(=O)COC(=O)Cn1cnc2ccccc21. The minimum absolute atomic E-state index is 0.0730. The number of anilines is 1. The lowest BCUT2D eigenvalue weighted by Gasteiger charge is -2.26. The van der Waals surface area contributed by atoms with Gasteiger partial charge in [0, 0.05) is 18.8 Å². The number of fused-ring (bicyclic) bond motifs is 1. The molecule has 33 heavy (non-hydrogen) atoms. The number of ether oxygens (including phenoxy) is 1. The first kappa shape index (κ1) is 22.9. The van der Waals surface area contributed by atoms with Crippen molar-refractivity contribution in [3.05, 3.63) is 54.4 Å². The smallest absolute Gasteiger partial charge is 0.326 e. The molecule has 0 radical (unpaired) electrons. The van der Waals surface area contributed by atoms with E-state index in [2.05, 4.69) is 10.3 Å². The predicted molar refractivity (Wildman–Crippen MR) is 123 cm³/mol. The zero-order valence-corrected chi connectivity index (χ0v) is 19.2. The standard InChI is InChI=1S/C23H26N4O5S/c1-17-9-10-18(33(30,31)27-11-5-2-6-12-27)13-20(17)25-22(28)15-32-23(29)14-26-16-24-19-7-3-4-8-21(19)26/h3-4,7-10,13,16H,2,5-6,11-12,14-15H2,1H3,(H,25,28). The Hall–Kier alpha value is -3.24. The van der Waals surface area contributed by atoms with Gasteiger partial charge in [0.1, 0.15) is 6.54 Å². The normalized spacial score (nSPS) is 14.8. The van der Waals surface area contributed by atoms with Crippen molar-refractivity contribution < 1.29 is 22.7 Å². The van der Waals surface area contributed by atoms with E-state index in [0.29, 0.717) is 24.3 Å². The summed E-state index contributed by atoms with van der Waals surface area (Å²) in [4.78, 5) is 28.9. The van der Waals surface area contributed by atoms with Crippen molar-refractivity contribution in [1.29, 1.82) is 0 Å². The molecular weight excluding hydrogens is 444 g/mol. The van der Waals surface area contributed by atoms with Gasteiger partial charge >= 0.3 is 5.97 Å². The Balaban J connectivity index is 1.37. The van der Waals surface area contributed by atoms with Gasteiger partial charge in [-0.2, -0.15) is 4.31 Å². The second-order valence-corrected chi connectivity index (χ2v) is 9.95. The van der Waals surface area contributed by atoms with Crippen molar-refractivity contribution in [3.63, 3.8) is 0 Å². The Morgan fingerprint density at radius 2 is 1.85 bits per heavy atom. The van der Waals surface area contributed by atoms with Crippen LogP contribution in [0.25, 0.3) is 11.0 Å². The van der Waals surface area contributed by atoms with Gasteiger partial charge < -0.3 is 14.6 Å². The van der Waals surface area contributed by atoms with Gasteiger partial charge in [0.15, 0.2) is 6.61 Å². The number of aryl methyl sites for hydroxylation is 1. The number of amides is 1. The highest BCUT2D eigenvalue weighted by Crippen LogP contribution is 2.25. The highest BCUT2D eigenvalue weighted by atomic mass is 32.2. The molecule has 1 N–H and O–H groups in total. The molecule has 1 aliphatic heterocycles. The average Bonchev–Trinajstić information content (AvgIpc) is 3.22. The number of para-hydroxylation sites is 2. The quantitative estimate of drug-likeness (QED) is 0.532. The summed E-state index contributed by atoms with van der Waals surface area (Å²) in [6, 6.07) is 12.0. The molecule has 4 rings (SSSR count). The minimum Gasteiger partial charge on any atom is -0.454 e. The number of sulfonamides is 1. The highest BCUT2D eigenvalue weighted by molar-refractivity contribution is 7.89. The molecule has 0 unspecified atom stereocenters. The monoisotopic (exact) mass is 470 g/mol. The van der Waals surface area contributed by atoms with Crippen LogP contribution in [0.15, 0.2) is 53.7 Å². The van der Waals surface area contributed by atoms with Crippen LogP contribution >= 0.6 is 0 Å². The number of carbonyl (C=O) groups excluding carboxylic acids is 2. The molecule has 174 valence electrons. The number of rotatable bonds is 7. The number of esters is 1. The second-order valence-electron chi connectivity index (χ2n) is 8.01. The van der Waals surface area contributed by atoms with E-state index in [1.54, 1.807) is 30.0 Å². The van der Waals surface area contributed by atoms with Gasteiger partial charge in [-0.05, 0) is 49.6 Å². The maximum atomic E-state index is 12.9. The number of hydrogen-bond acceptors (Lipinski definition) is 6. The Morgan fingerprint density at radius 1 is 1.09 bits per heavy atom. The van der Waals surface area contributed by atoms with E-state index in [1.807, 2.05) is 24.3 Å². The van der Waals surface area contributed by atoms with Crippen LogP contribution in [-0.2, 0) is 30.9 Å². The number of piperidine rings is 1. The molecule has 1 aromatic heterocycles. The van der Waals surface area contributed by atoms with Crippen molar-refractivity contribution in [2.75, 3.05) is 25.0 Å². The summed E-state index contributed by atoms with van der Waals surface area (Å²) in [5, 5.41) is 2.65. The summed E-state index contributed by atoms with van der Waals surface area (Å²) in [5.74, 6) is -1.12. The van der Waals surface area contributed by atoms with Crippen LogP contribution in [0.2, 0.25) is 0 Å². The van der Waals surface area contributed by atoms with Crippen LogP contribution in [0.4, 0.5) is 5.69 Å². The van der Waals surface area contributed by atoms with Crippen LogP contribution in [0.5, 0.6) is 0 Å². The maximum absolute atomic E-state index is 12.9. The van der Waals surface area contributed by atoms with Gasteiger partial charge in [-0.3, -0.25) is 9.59 Å².